The number of nitrogens with zero attached hydrogens (tertiary/aromatic N) is 2. The summed E-state index contributed by atoms with van der Waals surface area (Å²) in [6.07, 6.45) is 4.48. The number of carbonyl (C=O) groups excluding carboxylic acids is 1. The Bertz CT molecular complexity index is 788. The number of benzene rings is 2. The van der Waals surface area contributed by atoms with Gasteiger partial charge < -0.3 is 19.9 Å². The van der Waals surface area contributed by atoms with Crippen molar-refractivity contribution in [3.05, 3.63) is 65.7 Å². The van der Waals surface area contributed by atoms with Crippen LogP contribution in [0.1, 0.15) is 35.2 Å². The second-order valence-corrected chi connectivity index (χ2v) is 8.35. The fraction of sp³-hybridized carbons (Fsp3) is 0.480. The number of carbonyl (C=O) groups is 1. The zero-order valence-corrected chi connectivity index (χ0v) is 17.8. The molecule has 0 saturated carbocycles. The number of amides is 1. The van der Waals surface area contributed by atoms with Crippen LogP contribution in [0.2, 0.25) is 0 Å². The molecule has 0 aliphatic carbocycles. The van der Waals surface area contributed by atoms with E-state index in [4.69, 9.17) is 4.74 Å². The summed E-state index contributed by atoms with van der Waals surface area (Å²) in [6.45, 7) is 6.54. The maximum atomic E-state index is 12.7. The van der Waals surface area contributed by atoms with Gasteiger partial charge >= 0.3 is 0 Å². The SMILES string of the molecule is O=C(N[C@H]1CCCN(CCCc2ccccc2)C1)c1ccc(N2CCOCC2)cc1. The fourth-order valence-electron chi connectivity index (χ4n) is 4.44. The topological polar surface area (TPSA) is 44.8 Å². The summed E-state index contributed by atoms with van der Waals surface area (Å²) in [5, 5.41) is 3.26. The van der Waals surface area contributed by atoms with Crippen LogP contribution < -0.4 is 10.2 Å². The molecule has 1 N–H and O–H groups in total. The average molecular weight is 408 g/mol. The summed E-state index contributed by atoms with van der Waals surface area (Å²) >= 11 is 0. The van der Waals surface area contributed by atoms with Crippen LogP contribution in [0.3, 0.4) is 0 Å². The smallest absolute Gasteiger partial charge is 0.251 e. The van der Waals surface area contributed by atoms with Crippen molar-refractivity contribution in [1.82, 2.24) is 10.2 Å². The lowest BCUT2D eigenvalue weighted by molar-refractivity contribution is 0.0903. The minimum Gasteiger partial charge on any atom is -0.378 e. The molecule has 0 radical (unpaired) electrons. The molecule has 2 heterocycles. The molecular formula is C25H33N3O2. The van der Waals surface area contributed by atoms with E-state index in [2.05, 4.69) is 57.6 Å². The summed E-state index contributed by atoms with van der Waals surface area (Å²) in [5.41, 5.74) is 3.31. The van der Waals surface area contributed by atoms with Gasteiger partial charge in [0.15, 0.2) is 0 Å². The predicted molar refractivity (Wildman–Crippen MR) is 121 cm³/mol. The van der Waals surface area contributed by atoms with E-state index in [0.717, 1.165) is 82.9 Å². The lowest BCUT2D eigenvalue weighted by Gasteiger charge is -2.33. The minimum atomic E-state index is 0.0414. The summed E-state index contributed by atoms with van der Waals surface area (Å²) in [6, 6.07) is 18.9. The third-order valence-corrected chi connectivity index (χ3v) is 6.13. The van der Waals surface area contributed by atoms with Gasteiger partial charge in [-0.2, -0.15) is 0 Å². The Morgan fingerprint density at radius 3 is 2.53 bits per heavy atom. The number of likely N-dealkylation sites (tertiary alicyclic amines) is 1. The van der Waals surface area contributed by atoms with Crippen molar-refractivity contribution in [2.45, 2.75) is 31.7 Å². The van der Waals surface area contributed by atoms with Crippen molar-refractivity contribution >= 4 is 11.6 Å². The van der Waals surface area contributed by atoms with Crippen molar-refractivity contribution < 1.29 is 9.53 Å². The van der Waals surface area contributed by atoms with Gasteiger partial charge in [0.05, 0.1) is 13.2 Å². The summed E-state index contributed by atoms with van der Waals surface area (Å²) in [7, 11) is 0. The first-order valence-corrected chi connectivity index (χ1v) is 11.3. The van der Waals surface area contributed by atoms with Gasteiger partial charge in [-0.3, -0.25) is 4.79 Å². The first kappa shape index (κ1) is 20.9. The lowest BCUT2D eigenvalue weighted by Crippen LogP contribution is -2.47. The Balaban J connectivity index is 1.23. The van der Waals surface area contributed by atoms with Crippen molar-refractivity contribution in [1.29, 1.82) is 0 Å². The van der Waals surface area contributed by atoms with Crippen LogP contribution >= 0.6 is 0 Å². The normalized spacial score (nSPS) is 20.1. The number of hydrogen-bond acceptors (Lipinski definition) is 4. The van der Waals surface area contributed by atoms with Gasteiger partial charge in [-0.15, -0.1) is 0 Å². The zero-order chi connectivity index (χ0) is 20.6. The number of aryl methyl sites for hydroxylation is 1. The molecule has 2 fully saturated rings. The van der Waals surface area contributed by atoms with E-state index in [9.17, 15) is 4.79 Å². The highest BCUT2D eigenvalue weighted by molar-refractivity contribution is 5.94. The van der Waals surface area contributed by atoms with Crippen LogP contribution in [0.15, 0.2) is 54.6 Å². The molecule has 1 atom stereocenters. The van der Waals surface area contributed by atoms with Crippen molar-refractivity contribution in [2.24, 2.45) is 0 Å². The molecule has 4 rings (SSSR count). The molecule has 2 aliphatic rings. The highest BCUT2D eigenvalue weighted by atomic mass is 16.5. The molecule has 0 aromatic heterocycles. The number of piperidine rings is 1. The van der Waals surface area contributed by atoms with Gasteiger partial charge in [0.25, 0.3) is 5.91 Å². The summed E-state index contributed by atoms with van der Waals surface area (Å²) < 4.78 is 5.41. The van der Waals surface area contributed by atoms with Gasteiger partial charge in [-0.1, -0.05) is 30.3 Å². The molecule has 0 spiro atoms. The number of anilines is 1. The van der Waals surface area contributed by atoms with Crippen molar-refractivity contribution in [2.75, 3.05) is 50.8 Å². The molecular weight excluding hydrogens is 374 g/mol. The van der Waals surface area contributed by atoms with E-state index < -0.39 is 0 Å². The van der Waals surface area contributed by atoms with Crippen LogP contribution in [0.4, 0.5) is 5.69 Å². The Kier molecular flexibility index (Phi) is 7.38. The fourth-order valence-corrected chi connectivity index (χ4v) is 4.44. The molecule has 2 aromatic carbocycles. The molecule has 0 unspecified atom stereocenters. The molecule has 5 nitrogen and oxygen atoms in total. The monoisotopic (exact) mass is 407 g/mol. The molecule has 2 aliphatic heterocycles. The second-order valence-electron chi connectivity index (χ2n) is 8.35. The number of nitrogens with one attached hydrogen (secondary N) is 1. The van der Waals surface area contributed by atoms with Crippen molar-refractivity contribution in [3.63, 3.8) is 0 Å². The molecule has 0 bridgehead atoms. The Hall–Kier alpha value is -2.37. The first-order valence-electron chi connectivity index (χ1n) is 11.3. The van der Waals surface area contributed by atoms with Crippen molar-refractivity contribution in [3.8, 4) is 0 Å². The lowest BCUT2D eigenvalue weighted by atomic mass is 10.0. The third-order valence-electron chi connectivity index (χ3n) is 6.13. The largest absolute Gasteiger partial charge is 0.378 e. The average Bonchev–Trinajstić information content (AvgIpc) is 2.81. The number of ether oxygens (including phenoxy) is 1. The van der Waals surface area contributed by atoms with Crippen LogP contribution in [0.25, 0.3) is 0 Å². The number of rotatable bonds is 7. The third kappa shape index (κ3) is 5.83. The van der Waals surface area contributed by atoms with Crippen LogP contribution in [0, 0.1) is 0 Å². The minimum absolute atomic E-state index is 0.0414. The highest BCUT2D eigenvalue weighted by Gasteiger charge is 2.21. The maximum absolute atomic E-state index is 12.7. The molecule has 160 valence electrons. The quantitative estimate of drug-likeness (QED) is 0.765. The summed E-state index contributed by atoms with van der Waals surface area (Å²) in [5.74, 6) is 0.0414. The maximum Gasteiger partial charge on any atom is 0.251 e. The zero-order valence-electron chi connectivity index (χ0n) is 17.8. The van der Waals surface area contributed by atoms with Gasteiger partial charge in [0.2, 0.25) is 0 Å². The van der Waals surface area contributed by atoms with E-state index in [1.54, 1.807) is 0 Å². The number of morpholine rings is 1. The standard InChI is InChI=1S/C25H33N3O2/c29-25(22-10-12-24(13-11-22)28-16-18-30-19-17-28)26-23-9-5-15-27(20-23)14-4-8-21-6-2-1-3-7-21/h1-3,6-7,10-13,23H,4-5,8-9,14-20H2,(H,26,29)/t23-/m0/s1. The molecule has 5 heteroatoms. The van der Waals surface area contributed by atoms with Crippen LogP contribution in [-0.2, 0) is 11.2 Å². The highest BCUT2D eigenvalue weighted by Crippen LogP contribution is 2.17. The van der Waals surface area contributed by atoms with Gasteiger partial charge in [-0.05, 0) is 68.6 Å². The van der Waals surface area contributed by atoms with Crippen LogP contribution in [0.5, 0.6) is 0 Å². The van der Waals surface area contributed by atoms with E-state index in [-0.39, 0.29) is 11.9 Å². The second kappa shape index (κ2) is 10.6. The molecule has 2 saturated heterocycles. The predicted octanol–water partition coefficient (Wildman–Crippen LogP) is 3.35. The Morgan fingerprint density at radius 1 is 1.00 bits per heavy atom. The van der Waals surface area contributed by atoms with E-state index >= 15 is 0 Å². The number of hydrogen-bond donors (Lipinski definition) is 1. The van der Waals surface area contributed by atoms with Gasteiger partial charge in [0, 0.05) is 36.9 Å². The molecule has 2 aromatic rings. The van der Waals surface area contributed by atoms with E-state index in [1.165, 1.54) is 5.56 Å². The van der Waals surface area contributed by atoms with Gasteiger partial charge in [-0.25, -0.2) is 0 Å². The van der Waals surface area contributed by atoms with E-state index in [0.29, 0.717) is 0 Å². The van der Waals surface area contributed by atoms with E-state index in [1.807, 2.05) is 12.1 Å². The molecule has 1 amide bonds. The Labute approximate surface area is 180 Å². The van der Waals surface area contributed by atoms with Crippen LogP contribution in [-0.4, -0.2) is 62.8 Å². The first-order chi connectivity index (χ1) is 14.8. The van der Waals surface area contributed by atoms with Gasteiger partial charge in [0.1, 0.15) is 0 Å². The summed E-state index contributed by atoms with van der Waals surface area (Å²) in [4.78, 5) is 17.5. The molecule has 30 heavy (non-hydrogen) atoms. The Morgan fingerprint density at radius 2 is 1.77 bits per heavy atom.